The van der Waals surface area contributed by atoms with Crippen LogP contribution >= 0.6 is 0 Å². The van der Waals surface area contributed by atoms with Gasteiger partial charge in [0.05, 0.1) is 5.92 Å². The number of fused-ring (bicyclic) bond motifs is 1. The summed E-state index contributed by atoms with van der Waals surface area (Å²) in [6.45, 7) is 3.35. The monoisotopic (exact) mass is 325 g/mol. The summed E-state index contributed by atoms with van der Waals surface area (Å²) in [5, 5.41) is 4.06. The second-order valence-corrected chi connectivity index (χ2v) is 6.94. The number of aromatic nitrogens is 2. The minimum Gasteiger partial charge on any atom is -0.341 e. The summed E-state index contributed by atoms with van der Waals surface area (Å²) in [4.78, 5) is 19.5. The quantitative estimate of drug-likeness (QED) is 0.851. The fourth-order valence-corrected chi connectivity index (χ4v) is 4.10. The topological polar surface area (TPSA) is 59.2 Å². The molecule has 2 atom stereocenters. The van der Waals surface area contributed by atoms with Gasteiger partial charge in [0.15, 0.2) is 5.82 Å². The van der Waals surface area contributed by atoms with Crippen molar-refractivity contribution in [2.75, 3.05) is 13.1 Å². The van der Waals surface area contributed by atoms with Gasteiger partial charge in [0.2, 0.25) is 11.8 Å². The molecule has 2 aromatic rings. The van der Waals surface area contributed by atoms with Crippen LogP contribution in [0.4, 0.5) is 0 Å². The van der Waals surface area contributed by atoms with Gasteiger partial charge in [-0.05, 0) is 43.2 Å². The summed E-state index contributed by atoms with van der Waals surface area (Å²) < 4.78 is 5.11. The number of hydrogen-bond donors (Lipinski definition) is 0. The fraction of sp³-hybridized carbons (Fsp3) is 0.526. The second-order valence-electron chi connectivity index (χ2n) is 6.94. The fourth-order valence-electron chi connectivity index (χ4n) is 4.10. The van der Waals surface area contributed by atoms with Gasteiger partial charge in [-0.25, -0.2) is 0 Å². The van der Waals surface area contributed by atoms with E-state index in [0.717, 1.165) is 44.5 Å². The molecule has 1 fully saturated rings. The van der Waals surface area contributed by atoms with Crippen LogP contribution in [0.15, 0.2) is 28.8 Å². The predicted octanol–water partition coefficient (Wildman–Crippen LogP) is 3.20. The molecule has 126 valence electrons. The van der Waals surface area contributed by atoms with Crippen LogP contribution in [-0.4, -0.2) is 34.0 Å². The van der Waals surface area contributed by atoms with Gasteiger partial charge >= 0.3 is 0 Å². The number of benzene rings is 1. The van der Waals surface area contributed by atoms with Gasteiger partial charge in [-0.1, -0.05) is 29.4 Å². The maximum Gasteiger partial charge on any atom is 0.230 e. The Morgan fingerprint density at radius 3 is 2.96 bits per heavy atom. The van der Waals surface area contributed by atoms with E-state index >= 15 is 0 Å². The lowest BCUT2D eigenvalue weighted by molar-refractivity contribution is -0.134. The van der Waals surface area contributed by atoms with E-state index in [0.29, 0.717) is 12.4 Å². The van der Waals surface area contributed by atoms with Crippen LogP contribution in [0.25, 0.3) is 0 Å². The Labute approximate surface area is 142 Å². The molecule has 24 heavy (non-hydrogen) atoms. The standard InChI is InChI=1S/C19H23N3O2/c1-13-20-18(21-24-13)15-8-5-11-22(12-15)19(23)17-10-4-7-14-6-2-3-9-16(14)17/h2-3,6,9,15,17H,4-5,7-8,10-12H2,1H3/t15-,17-/m0/s1. The maximum absolute atomic E-state index is 13.2. The lowest BCUT2D eigenvalue weighted by Crippen LogP contribution is -2.42. The normalized spacial score (nSPS) is 23.8. The van der Waals surface area contributed by atoms with Crippen LogP contribution in [0.5, 0.6) is 0 Å². The first-order valence-corrected chi connectivity index (χ1v) is 8.89. The molecule has 0 unspecified atom stereocenters. The minimum atomic E-state index is 0.0145. The van der Waals surface area contributed by atoms with Crippen molar-refractivity contribution in [2.24, 2.45) is 0 Å². The summed E-state index contributed by atoms with van der Waals surface area (Å²) in [7, 11) is 0. The highest BCUT2D eigenvalue weighted by molar-refractivity contribution is 5.84. The molecule has 0 bridgehead atoms. The average Bonchev–Trinajstić information content (AvgIpc) is 3.07. The Morgan fingerprint density at radius 2 is 2.12 bits per heavy atom. The number of nitrogens with zero attached hydrogens (tertiary/aromatic N) is 3. The van der Waals surface area contributed by atoms with Crippen molar-refractivity contribution < 1.29 is 9.32 Å². The average molecular weight is 325 g/mol. The molecule has 2 aliphatic rings. The predicted molar refractivity (Wildman–Crippen MR) is 89.7 cm³/mol. The van der Waals surface area contributed by atoms with Crippen LogP contribution in [0.2, 0.25) is 0 Å². The van der Waals surface area contributed by atoms with Gasteiger partial charge < -0.3 is 9.42 Å². The number of amides is 1. The molecule has 1 aliphatic heterocycles. The zero-order valence-corrected chi connectivity index (χ0v) is 14.1. The highest BCUT2D eigenvalue weighted by atomic mass is 16.5. The first-order valence-electron chi connectivity index (χ1n) is 8.89. The summed E-state index contributed by atoms with van der Waals surface area (Å²) in [5.74, 6) is 1.82. The number of carbonyl (C=O) groups is 1. The SMILES string of the molecule is Cc1nc([C@H]2CCCN(C(=O)[C@H]3CCCc4ccccc43)C2)no1. The first kappa shape index (κ1) is 15.4. The van der Waals surface area contributed by atoms with E-state index in [9.17, 15) is 4.79 Å². The zero-order valence-electron chi connectivity index (χ0n) is 14.1. The molecule has 5 heteroatoms. The van der Waals surface area contributed by atoms with Crippen molar-refractivity contribution >= 4 is 5.91 Å². The summed E-state index contributed by atoms with van der Waals surface area (Å²) >= 11 is 0. The Balaban J connectivity index is 1.52. The molecule has 2 heterocycles. The van der Waals surface area contributed by atoms with E-state index in [1.54, 1.807) is 6.92 Å². The largest absolute Gasteiger partial charge is 0.341 e. The molecule has 0 N–H and O–H groups in total. The highest BCUT2D eigenvalue weighted by Crippen LogP contribution is 2.34. The van der Waals surface area contributed by atoms with E-state index in [1.807, 2.05) is 11.0 Å². The van der Waals surface area contributed by atoms with Crippen LogP contribution < -0.4 is 0 Å². The van der Waals surface area contributed by atoms with Crippen LogP contribution in [0.1, 0.15) is 60.4 Å². The van der Waals surface area contributed by atoms with Gasteiger partial charge in [0, 0.05) is 25.9 Å². The number of piperidine rings is 1. The van der Waals surface area contributed by atoms with Crippen LogP contribution in [-0.2, 0) is 11.2 Å². The minimum absolute atomic E-state index is 0.0145. The lowest BCUT2D eigenvalue weighted by atomic mass is 9.81. The third kappa shape index (κ3) is 2.83. The number of rotatable bonds is 2. The first-order chi connectivity index (χ1) is 11.7. The Hall–Kier alpha value is -2.17. The smallest absolute Gasteiger partial charge is 0.230 e. The van der Waals surface area contributed by atoms with Crippen molar-refractivity contribution in [1.82, 2.24) is 15.0 Å². The molecular formula is C19H23N3O2. The van der Waals surface area contributed by atoms with Crippen molar-refractivity contribution in [2.45, 2.75) is 50.9 Å². The molecule has 1 saturated heterocycles. The van der Waals surface area contributed by atoms with E-state index in [1.165, 1.54) is 11.1 Å². The van der Waals surface area contributed by atoms with Gasteiger partial charge in [-0.3, -0.25) is 4.79 Å². The van der Waals surface area contributed by atoms with Gasteiger partial charge in [-0.2, -0.15) is 4.98 Å². The van der Waals surface area contributed by atoms with Crippen LogP contribution in [0, 0.1) is 6.92 Å². The second kappa shape index (κ2) is 6.38. The third-order valence-electron chi connectivity index (χ3n) is 5.31. The molecular weight excluding hydrogens is 302 g/mol. The summed E-state index contributed by atoms with van der Waals surface area (Å²) in [6.07, 6.45) is 5.15. The van der Waals surface area contributed by atoms with Crippen molar-refractivity contribution in [3.8, 4) is 0 Å². The highest BCUT2D eigenvalue weighted by Gasteiger charge is 2.33. The molecule has 0 saturated carbocycles. The Bertz CT molecular complexity index is 740. The Morgan fingerprint density at radius 1 is 1.25 bits per heavy atom. The zero-order chi connectivity index (χ0) is 16.5. The number of likely N-dealkylation sites (tertiary alicyclic amines) is 1. The van der Waals surface area contributed by atoms with Gasteiger partial charge in [0.25, 0.3) is 0 Å². The molecule has 0 radical (unpaired) electrons. The van der Waals surface area contributed by atoms with E-state index < -0.39 is 0 Å². The van der Waals surface area contributed by atoms with Crippen LogP contribution in [0.3, 0.4) is 0 Å². The van der Waals surface area contributed by atoms with E-state index in [2.05, 4.69) is 28.3 Å². The maximum atomic E-state index is 13.2. The summed E-state index contributed by atoms with van der Waals surface area (Å²) in [5.41, 5.74) is 2.57. The Kier molecular flexibility index (Phi) is 4.08. The lowest BCUT2D eigenvalue weighted by Gasteiger charge is -2.35. The van der Waals surface area contributed by atoms with Crippen molar-refractivity contribution in [3.05, 3.63) is 47.1 Å². The molecule has 1 aromatic heterocycles. The van der Waals surface area contributed by atoms with E-state index in [4.69, 9.17) is 4.52 Å². The molecule has 0 spiro atoms. The number of hydrogen-bond acceptors (Lipinski definition) is 4. The van der Waals surface area contributed by atoms with Gasteiger partial charge in [0.1, 0.15) is 0 Å². The summed E-state index contributed by atoms with van der Waals surface area (Å²) in [6, 6.07) is 8.41. The van der Waals surface area contributed by atoms with Gasteiger partial charge in [-0.15, -0.1) is 0 Å². The van der Waals surface area contributed by atoms with Crippen molar-refractivity contribution in [1.29, 1.82) is 0 Å². The molecule has 1 amide bonds. The number of aryl methyl sites for hydroxylation is 2. The molecule has 1 aliphatic carbocycles. The molecule has 5 nitrogen and oxygen atoms in total. The van der Waals surface area contributed by atoms with E-state index in [-0.39, 0.29) is 17.7 Å². The number of carbonyl (C=O) groups excluding carboxylic acids is 1. The van der Waals surface area contributed by atoms with Crippen molar-refractivity contribution in [3.63, 3.8) is 0 Å². The third-order valence-corrected chi connectivity index (χ3v) is 5.31. The molecule has 4 rings (SSSR count). The molecule has 1 aromatic carbocycles.